The Balaban J connectivity index is 1.35. The van der Waals surface area contributed by atoms with Crippen molar-refractivity contribution in [1.29, 1.82) is 0 Å². The largest absolute Gasteiger partial charge is 0.461 e. The van der Waals surface area contributed by atoms with E-state index in [4.69, 9.17) is 4.42 Å². The topological polar surface area (TPSA) is 83.8 Å². The highest BCUT2D eigenvalue weighted by Gasteiger charge is 2.14. The highest BCUT2D eigenvalue weighted by Crippen LogP contribution is 2.28. The Morgan fingerprint density at radius 2 is 2.10 bits per heavy atom. The summed E-state index contributed by atoms with van der Waals surface area (Å²) < 4.78 is 5.40. The van der Waals surface area contributed by atoms with Gasteiger partial charge in [-0.3, -0.25) is 4.79 Å². The molecule has 0 fully saturated rings. The van der Waals surface area contributed by atoms with Gasteiger partial charge in [0, 0.05) is 21.7 Å². The molecular weight excluding hydrogens is 416 g/mol. The summed E-state index contributed by atoms with van der Waals surface area (Å²) in [7, 11) is 0. The van der Waals surface area contributed by atoms with E-state index >= 15 is 0 Å². The van der Waals surface area contributed by atoms with Gasteiger partial charge in [-0.25, -0.2) is 9.97 Å². The summed E-state index contributed by atoms with van der Waals surface area (Å²) in [5, 5.41) is 5.01. The molecule has 1 amide bonds. The summed E-state index contributed by atoms with van der Waals surface area (Å²) in [6.45, 7) is 0. The Hall–Kier alpha value is -3.36. The molecule has 2 N–H and O–H groups in total. The summed E-state index contributed by atoms with van der Waals surface area (Å²) in [6.07, 6.45) is 1.61. The van der Waals surface area contributed by atoms with E-state index in [9.17, 15) is 4.79 Å². The van der Waals surface area contributed by atoms with Gasteiger partial charge in [0.15, 0.2) is 11.6 Å². The number of hydrogen-bond donors (Lipinski definition) is 2. The van der Waals surface area contributed by atoms with Crippen LogP contribution >= 0.6 is 23.1 Å². The number of thiazole rings is 1. The molecule has 0 aliphatic heterocycles. The number of furan rings is 1. The maximum absolute atomic E-state index is 12.9. The van der Waals surface area contributed by atoms with Gasteiger partial charge in [-0.1, -0.05) is 12.1 Å². The zero-order valence-corrected chi connectivity index (χ0v) is 17.3. The molecule has 148 valence electrons. The minimum absolute atomic E-state index is 0.151. The molecule has 0 aliphatic rings. The molecule has 5 rings (SSSR count). The van der Waals surface area contributed by atoms with Crippen molar-refractivity contribution in [2.24, 2.45) is 0 Å². The average molecular weight is 433 g/mol. The van der Waals surface area contributed by atoms with E-state index in [1.807, 2.05) is 65.5 Å². The number of aromatic amines is 1. The van der Waals surface area contributed by atoms with E-state index in [0.717, 1.165) is 27.4 Å². The molecule has 0 atom stereocenters. The molecule has 3 heterocycles. The Bertz CT molecular complexity index is 1290. The van der Waals surface area contributed by atoms with Crippen LogP contribution in [0.4, 0.5) is 5.69 Å². The Labute approximate surface area is 180 Å². The van der Waals surface area contributed by atoms with Crippen molar-refractivity contribution < 1.29 is 9.21 Å². The van der Waals surface area contributed by atoms with E-state index in [-0.39, 0.29) is 5.91 Å². The molecule has 5 aromatic rings. The van der Waals surface area contributed by atoms with Gasteiger partial charge in [0.25, 0.3) is 5.91 Å². The van der Waals surface area contributed by atoms with Gasteiger partial charge in [-0.2, -0.15) is 0 Å². The Kier molecular flexibility index (Phi) is 5.08. The number of rotatable bonds is 6. The maximum Gasteiger partial charge on any atom is 0.256 e. The molecule has 8 heteroatoms. The van der Waals surface area contributed by atoms with Crippen LogP contribution in [-0.2, 0) is 5.75 Å². The van der Waals surface area contributed by atoms with Gasteiger partial charge in [-0.05, 0) is 42.5 Å². The van der Waals surface area contributed by atoms with Crippen LogP contribution in [0.1, 0.15) is 16.1 Å². The summed E-state index contributed by atoms with van der Waals surface area (Å²) >= 11 is 3.18. The van der Waals surface area contributed by atoms with Crippen LogP contribution in [0.2, 0.25) is 0 Å². The summed E-state index contributed by atoms with van der Waals surface area (Å²) in [6, 6.07) is 16.9. The third-order valence-electron chi connectivity index (χ3n) is 4.49. The zero-order chi connectivity index (χ0) is 20.3. The second kappa shape index (κ2) is 8.17. The molecule has 3 aromatic heterocycles. The van der Waals surface area contributed by atoms with Crippen molar-refractivity contribution in [2.75, 3.05) is 5.32 Å². The lowest BCUT2D eigenvalue weighted by Gasteiger charge is -2.09. The number of carbonyl (C=O) groups excluding carboxylic acids is 1. The van der Waals surface area contributed by atoms with Crippen LogP contribution in [0.3, 0.4) is 0 Å². The number of H-pyrrole nitrogens is 1. The number of fused-ring (bicyclic) bond motifs is 1. The standard InChI is InChI=1S/C22H16N4O2S2/c27-22(16-4-1-2-6-20(16)30-12-15-11-29-13-23-15)24-14-7-8-17-18(10-14)26-21(25-17)19-5-3-9-28-19/h1-11,13H,12H2,(H,24,27)(H,25,26). The molecule has 30 heavy (non-hydrogen) atoms. The number of benzene rings is 2. The van der Waals surface area contributed by atoms with E-state index in [1.165, 1.54) is 0 Å². The van der Waals surface area contributed by atoms with Crippen molar-refractivity contribution in [2.45, 2.75) is 10.6 Å². The van der Waals surface area contributed by atoms with E-state index in [1.54, 1.807) is 29.4 Å². The number of nitrogens with one attached hydrogen (secondary N) is 2. The SMILES string of the molecule is O=C(Nc1ccc2nc(-c3ccco3)[nH]c2c1)c1ccccc1SCc1cscn1. The monoisotopic (exact) mass is 432 g/mol. The van der Waals surface area contributed by atoms with Gasteiger partial charge in [0.2, 0.25) is 0 Å². The predicted octanol–water partition coefficient (Wildman–Crippen LogP) is 5.82. The smallest absolute Gasteiger partial charge is 0.256 e. The molecule has 0 bridgehead atoms. The van der Waals surface area contributed by atoms with Crippen molar-refractivity contribution in [3.8, 4) is 11.6 Å². The molecule has 6 nitrogen and oxygen atoms in total. The maximum atomic E-state index is 12.9. The lowest BCUT2D eigenvalue weighted by molar-refractivity contribution is 0.102. The highest BCUT2D eigenvalue weighted by molar-refractivity contribution is 7.98. The van der Waals surface area contributed by atoms with Crippen molar-refractivity contribution >= 4 is 45.7 Å². The van der Waals surface area contributed by atoms with Crippen LogP contribution in [0.5, 0.6) is 0 Å². The van der Waals surface area contributed by atoms with Gasteiger partial charge in [0.05, 0.1) is 34.1 Å². The highest BCUT2D eigenvalue weighted by atomic mass is 32.2. The number of thioether (sulfide) groups is 1. The molecule has 0 saturated heterocycles. The Morgan fingerprint density at radius 3 is 2.93 bits per heavy atom. The minimum atomic E-state index is -0.151. The number of anilines is 1. The fourth-order valence-corrected chi connectivity index (χ4v) is 4.67. The number of nitrogens with zero attached hydrogens (tertiary/aromatic N) is 2. The first-order valence-corrected chi connectivity index (χ1v) is 11.1. The molecular formula is C22H16N4O2S2. The van der Waals surface area contributed by atoms with Crippen LogP contribution in [0.15, 0.2) is 81.1 Å². The molecule has 0 aliphatic carbocycles. The third-order valence-corrected chi connectivity index (χ3v) is 6.23. The van der Waals surface area contributed by atoms with E-state index < -0.39 is 0 Å². The minimum Gasteiger partial charge on any atom is -0.461 e. The lowest BCUT2D eigenvalue weighted by atomic mass is 10.2. The van der Waals surface area contributed by atoms with Crippen molar-refractivity contribution in [3.05, 3.63) is 83.0 Å². The van der Waals surface area contributed by atoms with E-state index in [2.05, 4.69) is 20.3 Å². The number of carbonyl (C=O) groups is 1. The third kappa shape index (κ3) is 3.87. The van der Waals surface area contributed by atoms with Crippen LogP contribution in [0.25, 0.3) is 22.6 Å². The zero-order valence-electron chi connectivity index (χ0n) is 15.7. The fourth-order valence-electron chi connectivity index (χ4n) is 3.06. The first kappa shape index (κ1) is 18.7. The second-order valence-electron chi connectivity index (χ2n) is 6.51. The quantitative estimate of drug-likeness (QED) is 0.330. The molecule has 0 unspecified atom stereocenters. The molecule has 0 saturated carbocycles. The number of aromatic nitrogens is 3. The second-order valence-corrected chi connectivity index (χ2v) is 8.25. The van der Waals surface area contributed by atoms with Gasteiger partial charge >= 0.3 is 0 Å². The normalized spacial score (nSPS) is 11.1. The first-order chi connectivity index (χ1) is 14.8. The number of amides is 1. The van der Waals surface area contributed by atoms with Gasteiger partial charge in [0.1, 0.15) is 0 Å². The van der Waals surface area contributed by atoms with Crippen LogP contribution in [-0.4, -0.2) is 20.9 Å². The average Bonchev–Trinajstić information content (AvgIpc) is 3.53. The Morgan fingerprint density at radius 1 is 1.17 bits per heavy atom. The van der Waals surface area contributed by atoms with E-state index in [0.29, 0.717) is 22.8 Å². The van der Waals surface area contributed by atoms with Gasteiger partial charge in [-0.15, -0.1) is 23.1 Å². The van der Waals surface area contributed by atoms with Crippen molar-refractivity contribution in [3.63, 3.8) is 0 Å². The predicted molar refractivity (Wildman–Crippen MR) is 120 cm³/mol. The van der Waals surface area contributed by atoms with Crippen molar-refractivity contribution in [1.82, 2.24) is 15.0 Å². The number of hydrogen-bond acceptors (Lipinski definition) is 6. The molecule has 0 spiro atoms. The van der Waals surface area contributed by atoms with Gasteiger partial charge < -0.3 is 14.7 Å². The lowest BCUT2D eigenvalue weighted by Crippen LogP contribution is -2.12. The fraction of sp³-hybridized carbons (Fsp3) is 0.0455. The molecule has 0 radical (unpaired) electrons. The summed E-state index contributed by atoms with van der Waals surface area (Å²) in [5.41, 5.74) is 5.79. The van der Waals surface area contributed by atoms with Crippen LogP contribution in [0, 0.1) is 0 Å². The summed E-state index contributed by atoms with van der Waals surface area (Å²) in [5.74, 6) is 1.90. The van der Waals surface area contributed by atoms with Crippen LogP contribution < -0.4 is 5.32 Å². The summed E-state index contributed by atoms with van der Waals surface area (Å²) in [4.78, 5) is 25.9. The molecule has 2 aromatic carbocycles. The number of imidazole rings is 1. The first-order valence-electron chi connectivity index (χ1n) is 9.20.